The number of hydrogen-bond donors (Lipinski definition) is 1. The Morgan fingerprint density at radius 1 is 1.00 bits per heavy atom. The second-order valence-corrected chi connectivity index (χ2v) is 6.92. The van der Waals surface area contributed by atoms with Crippen molar-refractivity contribution >= 4 is 11.6 Å². The molecule has 25 heavy (non-hydrogen) atoms. The van der Waals surface area contributed by atoms with Gasteiger partial charge in [0.05, 0.1) is 12.3 Å². The van der Waals surface area contributed by atoms with Gasteiger partial charge in [0, 0.05) is 5.56 Å². The van der Waals surface area contributed by atoms with Crippen LogP contribution >= 0.6 is 0 Å². The van der Waals surface area contributed by atoms with E-state index in [1.165, 1.54) is 5.56 Å². The van der Waals surface area contributed by atoms with E-state index in [1.54, 1.807) is 0 Å². The van der Waals surface area contributed by atoms with Crippen molar-refractivity contribution in [2.24, 2.45) is 5.10 Å². The molecular weight excluding hydrogens is 312 g/mol. The third-order valence-corrected chi connectivity index (χ3v) is 3.92. The van der Waals surface area contributed by atoms with Crippen molar-refractivity contribution in [2.75, 3.05) is 6.61 Å². The first-order valence-corrected chi connectivity index (χ1v) is 8.49. The van der Waals surface area contributed by atoms with E-state index in [1.807, 2.05) is 62.4 Å². The normalized spacial score (nSPS) is 12.0. The van der Waals surface area contributed by atoms with Crippen molar-refractivity contribution in [2.45, 2.75) is 40.0 Å². The molecule has 0 aliphatic heterocycles. The summed E-state index contributed by atoms with van der Waals surface area (Å²) in [4.78, 5) is 12.2. The number of nitrogens with zero attached hydrogens (tertiary/aromatic N) is 1. The summed E-state index contributed by atoms with van der Waals surface area (Å²) in [5.74, 6) is 0.604. The topological polar surface area (TPSA) is 50.7 Å². The predicted octanol–water partition coefficient (Wildman–Crippen LogP) is 4.54. The van der Waals surface area contributed by atoms with Gasteiger partial charge in [0.15, 0.2) is 0 Å². The number of benzene rings is 2. The van der Waals surface area contributed by atoms with Gasteiger partial charge in [0.2, 0.25) is 0 Å². The first kappa shape index (κ1) is 18.7. The van der Waals surface area contributed by atoms with Crippen LogP contribution in [0.15, 0.2) is 53.6 Å². The summed E-state index contributed by atoms with van der Waals surface area (Å²) in [6, 6.07) is 15.3. The molecule has 0 atom stereocenters. The van der Waals surface area contributed by atoms with E-state index in [-0.39, 0.29) is 11.3 Å². The van der Waals surface area contributed by atoms with E-state index in [0.717, 1.165) is 17.0 Å². The fourth-order valence-electron chi connectivity index (χ4n) is 2.34. The molecule has 4 heteroatoms. The van der Waals surface area contributed by atoms with Gasteiger partial charge in [-0.3, -0.25) is 4.79 Å². The van der Waals surface area contributed by atoms with Crippen molar-refractivity contribution in [1.82, 2.24) is 5.43 Å². The smallest absolute Gasteiger partial charge is 0.271 e. The van der Waals surface area contributed by atoms with Crippen LogP contribution in [0.5, 0.6) is 5.75 Å². The van der Waals surface area contributed by atoms with Crippen LogP contribution in [0.1, 0.15) is 56.1 Å². The monoisotopic (exact) mass is 338 g/mol. The molecule has 0 fully saturated rings. The van der Waals surface area contributed by atoms with Crippen LogP contribution in [-0.4, -0.2) is 18.2 Å². The SMILES string of the molecule is CCOc1ccc(/C(C)=N/NC(=O)c2ccc(C(C)(C)C)cc2)cc1. The Kier molecular flexibility index (Phi) is 5.97. The van der Waals surface area contributed by atoms with Crippen molar-refractivity contribution in [3.63, 3.8) is 0 Å². The molecule has 0 spiro atoms. The van der Waals surface area contributed by atoms with Crippen molar-refractivity contribution in [1.29, 1.82) is 0 Å². The van der Waals surface area contributed by atoms with Gasteiger partial charge in [-0.05, 0) is 66.8 Å². The van der Waals surface area contributed by atoms with Crippen LogP contribution in [0.2, 0.25) is 0 Å². The van der Waals surface area contributed by atoms with Crippen molar-refractivity contribution in [3.8, 4) is 5.75 Å². The molecule has 0 aliphatic rings. The highest BCUT2D eigenvalue weighted by atomic mass is 16.5. The molecule has 1 amide bonds. The molecule has 0 aromatic heterocycles. The number of rotatable bonds is 5. The lowest BCUT2D eigenvalue weighted by molar-refractivity contribution is 0.0955. The number of nitrogens with one attached hydrogen (secondary N) is 1. The van der Waals surface area contributed by atoms with Crippen LogP contribution in [0.3, 0.4) is 0 Å². The lowest BCUT2D eigenvalue weighted by Crippen LogP contribution is -2.20. The fourth-order valence-corrected chi connectivity index (χ4v) is 2.34. The van der Waals surface area contributed by atoms with Crippen LogP contribution in [-0.2, 0) is 5.41 Å². The van der Waals surface area contributed by atoms with Crippen molar-refractivity contribution < 1.29 is 9.53 Å². The number of carbonyl (C=O) groups excluding carboxylic acids is 1. The molecule has 0 radical (unpaired) electrons. The Hall–Kier alpha value is -2.62. The van der Waals surface area contributed by atoms with Crippen LogP contribution < -0.4 is 10.2 Å². The highest BCUT2D eigenvalue weighted by molar-refractivity contribution is 6.00. The minimum atomic E-state index is -0.217. The van der Waals surface area contributed by atoms with Gasteiger partial charge in [-0.2, -0.15) is 5.10 Å². The second-order valence-electron chi connectivity index (χ2n) is 6.92. The zero-order chi connectivity index (χ0) is 18.4. The molecule has 0 heterocycles. The Balaban J connectivity index is 2.03. The maximum Gasteiger partial charge on any atom is 0.271 e. The van der Waals surface area contributed by atoms with E-state index < -0.39 is 0 Å². The van der Waals surface area contributed by atoms with Crippen LogP contribution in [0.4, 0.5) is 0 Å². The summed E-state index contributed by atoms with van der Waals surface area (Å²) in [6.45, 7) is 10.9. The third kappa shape index (κ3) is 5.18. The summed E-state index contributed by atoms with van der Waals surface area (Å²) in [7, 11) is 0. The Morgan fingerprint density at radius 3 is 2.08 bits per heavy atom. The molecule has 2 aromatic carbocycles. The second kappa shape index (κ2) is 7.97. The van der Waals surface area contributed by atoms with Gasteiger partial charge in [-0.15, -0.1) is 0 Å². The quantitative estimate of drug-likeness (QED) is 0.643. The van der Waals surface area contributed by atoms with Gasteiger partial charge in [-0.25, -0.2) is 5.43 Å². The first-order chi connectivity index (χ1) is 11.8. The molecule has 0 saturated heterocycles. The lowest BCUT2D eigenvalue weighted by Gasteiger charge is -2.18. The molecule has 0 bridgehead atoms. The molecule has 2 rings (SSSR count). The molecular formula is C21H26N2O2. The zero-order valence-corrected chi connectivity index (χ0v) is 15.6. The van der Waals surface area contributed by atoms with Crippen molar-refractivity contribution in [3.05, 3.63) is 65.2 Å². The summed E-state index contributed by atoms with van der Waals surface area (Å²) < 4.78 is 5.42. The summed E-state index contributed by atoms with van der Waals surface area (Å²) in [6.07, 6.45) is 0. The molecule has 0 aliphatic carbocycles. The Labute approximate surface area is 149 Å². The van der Waals surface area contributed by atoms with Crippen LogP contribution in [0.25, 0.3) is 0 Å². The highest BCUT2D eigenvalue weighted by Gasteiger charge is 2.14. The van der Waals surface area contributed by atoms with E-state index in [4.69, 9.17) is 4.74 Å². The number of amides is 1. The molecule has 0 saturated carbocycles. The number of hydrogen-bond acceptors (Lipinski definition) is 3. The molecule has 1 N–H and O–H groups in total. The lowest BCUT2D eigenvalue weighted by atomic mass is 9.87. The average Bonchev–Trinajstić information content (AvgIpc) is 2.59. The zero-order valence-electron chi connectivity index (χ0n) is 15.6. The average molecular weight is 338 g/mol. The Bertz CT molecular complexity index is 739. The number of hydrazone groups is 1. The first-order valence-electron chi connectivity index (χ1n) is 8.49. The minimum Gasteiger partial charge on any atom is -0.494 e. The number of ether oxygens (including phenoxy) is 1. The Morgan fingerprint density at radius 2 is 1.56 bits per heavy atom. The number of carbonyl (C=O) groups is 1. The highest BCUT2D eigenvalue weighted by Crippen LogP contribution is 2.22. The van der Waals surface area contributed by atoms with E-state index in [2.05, 4.69) is 31.3 Å². The molecule has 132 valence electrons. The maximum absolute atomic E-state index is 12.2. The maximum atomic E-state index is 12.2. The standard InChI is InChI=1S/C21H26N2O2/c1-6-25-19-13-9-16(10-14-19)15(2)22-23-20(24)17-7-11-18(12-8-17)21(3,4)5/h7-14H,6H2,1-5H3,(H,23,24)/b22-15+. The molecule has 0 unspecified atom stereocenters. The van der Waals surface area contributed by atoms with Gasteiger partial charge in [0.25, 0.3) is 5.91 Å². The van der Waals surface area contributed by atoms with Gasteiger partial charge >= 0.3 is 0 Å². The summed E-state index contributed by atoms with van der Waals surface area (Å²) in [5.41, 5.74) is 6.14. The largest absolute Gasteiger partial charge is 0.494 e. The summed E-state index contributed by atoms with van der Waals surface area (Å²) in [5, 5.41) is 4.19. The molecule has 4 nitrogen and oxygen atoms in total. The van der Waals surface area contributed by atoms with E-state index in [9.17, 15) is 4.79 Å². The minimum absolute atomic E-state index is 0.0669. The summed E-state index contributed by atoms with van der Waals surface area (Å²) >= 11 is 0. The predicted molar refractivity (Wildman–Crippen MR) is 102 cm³/mol. The fraction of sp³-hybridized carbons (Fsp3) is 0.333. The third-order valence-electron chi connectivity index (χ3n) is 3.92. The molecule has 2 aromatic rings. The van der Waals surface area contributed by atoms with Gasteiger partial charge < -0.3 is 4.74 Å². The van der Waals surface area contributed by atoms with Gasteiger partial charge in [0.1, 0.15) is 5.75 Å². The van der Waals surface area contributed by atoms with Crippen LogP contribution in [0, 0.1) is 0 Å². The van der Waals surface area contributed by atoms with E-state index in [0.29, 0.717) is 12.2 Å². The van der Waals surface area contributed by atoms with Gasteiger partial charge in [-0.1, -0.05) is 32.9 Å². The van der Waals surface area contributed by atoms with E-state index >= 15 is 0 Å².